The molecule has 0 amide bonds. The monoisotopic (exact) mass is 463 g/mol. The molecule has 5 nitrogen and oxygen atoms in total. The van der Waals surface area contributed by atoms with Crippen LogP contribution in [-0.2, 0) is 17.8 Å². The number of alkyl halides is 3. The molecule has 9 heteroatoms. The number of hydrogen-bond acceptors (Lipinski definition) is 4. The lowest BCUT2D eigenvalue weighted by Gasteiger charge is -2.38. The summed E-state index contributed by atoms with van der Waals surface area (Å²) in [4.78, 5) is 14.0. The molecule has 0 spiro atoms. The van der Waals surface area contributed by atoms with Crippen molar-refractivity contribution in [1.29, 1.82) is 0 Å². The molecule has 0 radical (unpaired) electrons. The van der Waals surface area contributed by atoms with Crippen molar-refractivity contribution < 1.29 is 27.1 Å². The fourth-order valence-corrected chi connectivity index (χ4v) is 4.66. The van der Waals surface area contributed by atoms with Gasteiger partial charge in [-0.05, 0) is 49.1 Å². The number of ether oxygens (including phenoxy) is 1. The van der Waals surface area contributed by atoms with E-state index in [0.717, 1.165) is 30.5 Å². The first-order valence-electron chi connectivity index (χ1n) is 10.8. The second-order valence-corrected chi connectivity index (χ2v) is 8.13. The molecular formula is C24H25F4N3O2. The molecule has 33 heavy (non-hydrogen) atoms. The maximum atomic E-state index is 14.8. The molecule has 4 rings (SSSR count). The minimum absolute atomic E-state index is 0.0656. The normalized spacial score (nSPS) is 17.0. The molecule has 0 aliphatic carbocycles. The molecule has 1 atom stereocenters. The average Bonchev–Trinajstić information content (AvgIpc) is 3.17. The van der Waals surface area contributed by atoms with Gasteiger partial charge in [0.15, 0.2) is 6.29 Å². The van der Waals surface area contributed by atoms with Crippen LogP contribution in [0, 0.1) is 5.82 Å². The predicted octanol–water partition coefficient (Wildman–Crippen LogP) is 5.32. The number of carbonyl (C=O) groups excluding carboxylic acids is 1. The molecule has 0 saturated carbocycles. The van der Waals surface area contributed by atoms with E-state index in [1.807, 2.05) is 6.07 Å². The number of anilines is 1. The van der Waals surface area contributed by atoms with Gasteiger partial charge in [0.2, 0.25) is 0 Å². The summed E-state index contributed by atoms with van der Waals surface area (Å²) in [5.41, 5.74) is 8.91. The molecule has 2 N–H and O–H groups in total. The van der Waals surface area contributed by atoms with Crippen LogP contribution in [0.1, 0.15) is 46.8 Å². The van der Waals surface area contributed by atoms with E-state index in [0.29, 0.717) is 41.4 Å². The molecule has 3 aromatic rings. The lowest BCUT2D eigenvalue weighted by Crippen LogP contribution is -2.34. The van der Waals surface area contributed by atoms with Crippen LogP contribution in [0.2, 0.25) is 0 Å². The Kier molecular flexibility index (Phi) is 6.71. The van der Waals surface area contributed by atoms with Crippen molar-refractivity contribution in [1.82, 2.24) is 4.57 Å². The molecule has 176 valence electrons. The zero-order chi connectivity index (χ0) is 23.6. The number of piperidine rings is 1. The van der Waals surface area contributed by atoms with Crippen molar-refractivity contribution in [2.24, 2.45) is 5.73 Å². The first kappa shape index (κ1) is 23.3. The number of nitrogens with zero attached hydrogens (tertiary/aromatic N) is 2. The van der Waals surface area contributed by atoms with Crippen LogP contribution in [0.25, 0.3) is 10.9 Å². The third-order valence-electron chi connectivity index (χ3n) is 6.11. The number of hydrogen-bond donors (Lipinski definition) is 1. The Morgan fingerprint density at radius 2 is 2.00 bits per heavy atom. The number of fused-ring (bicyclic) bond motifs is 1. The van der Waals surface area contributed by atoms with Gasteiger partial charge in [0, 0.05) is 48.0 Å². The molecule has 1 aliphatic rings. The smallest absolute Gasteiger partial charge is 0.364 e. The van der Waals surface area contributed by atoms with Gasteiger partial charge in [0.1, 0.15) is 5.82 Å². The highest BCUT2D eigenvalue weighted by Crippen LogP contribution is 2.40. The summed E-state index contributed by atoms with van der Waals surface area (Å²) in [6.07, 6.45) is 0.0844. The van der Waals surface area contributed by atoms with Crippen LogP contribution in [0.4, 0.5) is 23.2 Å². The van der Waals surface area contributed by atoms with E-state index in [2.05, 4.69) is 9.64 Å². The minimum Gasteiger partial charge on any atom is -0.364 e. The van der Waals surface area contributed by atoms with Gasteiger partial charge in [0.05, 0.1) is 18.2 Å². The fourth-order valence-electron chi connectivity index (χ4n) is 4.66. The quantitative estimate of drug-likeness (QED) is 0.381. The highest BCUT2D eigenvalue weighted by Gasteiger charge is 2.30. The minimum atomic E-state index is -4.72. The molecule has 1 aliphatic heterocycles. The van der Waals surface area contributed by atoms with E-state index in [1.54, 1.807) is 28.8 Å². The molecule has 1 saturated heterocycles. The summed E-state index contributed by atoms with van der Waals surface area (Å²) in [6, 6.07) is 10.1. The largest absolute Gasteiger partial charge is 0.522 e. The van der Waals surface area contributed by atoms with E-state index in [4.69, 9.17) is 5.73 Å². The molecule has 2 aromatic carbocycles. The highest BCUT2D eigenvalue weighted by atomic mass is 19.4. The van der Waals surface area contributed by atoms with Gasteiger partial charge in [-0.15, -0.1) is 13.2 Å². The predicted molar refractivity (Wildman–Crippen MR) is 118 cm³/mol. The number of rotatable bonds is 7. The molecule has 1 aromatic heterocycles. The maximum Gasteiger partial charge on any atom is 0.522 e. The number of aldehydes is 1. The SMILES string of the molecule is NCc1ccc(F)c(C2CCCCN2c2cccc3c2c(C=O)cn3CCOC(F)(F)F)c1. The van der Waals surface area contributed by atoms with Gasteiger partial charge in [0.25, 0.3) is 0 Å². The van der Waals surface area contributed by atoms with Crippen LogP contribution in [0.3, 0.4) is 0 Å². The van der Waals surface area contributed by atoms with Crippen molar-refractivity contribution in [2.45, 2.75) is 44.8 Å². The van der Waals surface area contributed by atoms with E-state index >= 15 is 0 Å². The summed E-state index contributed by atoms with van der Waals surface area (Å²) in [6.45, 7) is 0.327. The van der Waals surface area contributed by atoms with Gasteiger partial charge in [-0.25, -0.2) is 4.39 Å². The third-order valence-corrected chi connectivity index (χ3v) is 6.11. The first-order chi connectivity index (χ1) is 15.8. The van der Waals surface area contributed by atoms with Gasteiger partial charge in [-0.2, -0.15) is 0 Å². The Morgan fingerprint density at radius 1 is 1.18 bits per heavy atom. The second-order valence-electron chi connectivity index (χ2n) is 8.13. The summed E-state index contributed by atoms with van der Waals surface area (Å²) in [7, 11) is 0. The Morgan fingerprint density at radius 3 is 2.73 bits per heavy atom. The Bertz CT molecular complexity index is 1140. The third kappa shape index (κ3) is 4.89. The van der Waals surface area contributed by atoms with E-state index in [9.17, 15) is 22.4 Å². The van der Waals surface area contributed by atoms with Crippen molar-refractivity contribution >= 4 is 22.9 Å². The van der Waals surface area contributed by atoms with Crippen LogP contribution >= 0.6 is 0 Å². The topological polar surface area (TPSA) is 60.5 Å². The summed E-state index contributed by atoms with van der Waals surface area (Å²) < 4.78 is 57.6. The summed E-state index contributed by atoms with van der Waals surface area (Å²) in [5, 5.41) is 0.641. The first-order valence-corrected chi connectivity index (χ1v) is 10.8. The number of benzene rings is 2. The Balaban J connectivity index is 1.75. The second kappa shape index (κ2) is 9.52. The molecule has 0 bridgehead atoms. The highest BCUT2D eigenvalue weighted by molar-refractivity contribution is 6.05. The van der Waals surface area contributed by atoms with E-state index in [-0.39, 0.29) is 18.4 Å². The Labute approximate surface area is 188 Å². The molecule has 1 unspecified atom stereocenters. The lowest BCUT2D eigenvalue weighted by molar-refractivity contribution is -0.325. The Hall–Kier alpha value is -2.91. The van der Waals surface area contributed by atoms with Crippen molar-refractivity contribution in [3.05, 3.63) is 65.1 Å². The number of nitrogens with two attached hydrogens (primary N) is 1. The van der Waals surface area contributed by atoms with Gasteiger partial charge >= 0.3 is 6.36 Å². The van der Waals surface area contributed by atoms with Crippen LogP contribution in [0.15, 0.2) is 42.6 Å². The van der Waals surface area contributed by atoms with E-state index < -0.39 is 13.0 Å². The summed E-state index contributed by atoms with van der Waals surface area (Å²) in [5.74, 6) is -0.311. The van der Waals surface area contributed by atoms with Crippen LogP contribution in [0.5, 0.6) is 0 Å². The van der Waals surface area contributed by atoms with Crippen LogP contribution < -0.4 is 10.6 Å². The molecular weight excluding hydrogens is 438 g/mol. The van der Waals surface area contributed by atoms with Gasteiger partial charge in [-0.1, -0.05) is 12.1 Å². The van der Waals surface area contributed by atoms with Crippen molar-refractivity contribution in [3.63, 3.8) is 0 Å². The van der Waals surface area contributed by atoms with Gasteiger partial charge in [-0.3, -0.25) is 9.53 Å². The van der Waals surface area contributed by atoms with Gasteiger partial charge < -0.3 is 15.2 Å². The maximum absolute atomic E-state index is 14.8. The standard InChI is InChI=1S/C24H25F4N3O2/c25-19-8-7-16(13-29)12-18(19)20-4-1-2-9-31(20)22-6-3-5-21-23(22)17(15-32)14-30(21)10-11-33-24(26,27)28/h3,5-8,12,14-15,20H,1-2,4,9-11,13,29H2. The van der Waals surface area contributed by atoms with Crippen LogP contribution in [-0.4, -0.2) is 30.4 Å². The fraction of sp³-hybridized carbons (Fsp3) is 0.375. The average molecular weight is 463 g/mol. The van der Waals surface area contributed by atoms with Crippen molar-refractivity contribution in [3.8, 4) is 0 Å². The van der Waals surface area contributed by atoms with E-state index in [1.165, 1.54) is 12.3 Å². The summed E-state index contributed by atoms with van der Waals surface area (Å²) >= 11 is 0. The number of carbonyl (C=O) groups is 1. The van der Waals surface area contributed by atoms with Crippen molar-refractivity contribution in [2.75, 3.05) is 18.1 Å². The zero-order valence-corrected chi connectivity index (χ0v) is 17.9. The number of aromatic nitrogens is 1. The number of halogens is 4. The lowest BCUT2D eigenvalue weighted by atomic mass is 9.92. The molecule has 2 heterocycles. The zero-order valence-electron chi connectivity index (χ0n) is 17.9. The molecule has 1 fully saturated rings.